The van der Waals surface area contributed by atoms with Gasteiger partial charge >= 0.3 is 0 Å². The molecule has 6 heteroatoms. The van der Waals surface area contributed by atoms with Crippen LogP contribution in [0.15, 0.2) is 23.3 Å². The van der Waals surface area contributed by atoms with Crippen molar-refractivity contribution in [2.45, 2.75) is 32.7 Å². The van der Waals surface area contributed by atoms with E-state index in [1.165, 1.54) is 12.2 Å². The van der Waals surface area contributed by atoms with Crippen molar-refractivity contribution in [2.75, 3.05) is 32.2 Å². The van der Waals surface area contributed by atoms with Crippen molar-refractivity contribution in [3.05, 3.63) is 23.9 Å². The Balaban J connectivity index is 2.39. The molecular weight excluding hydrogens is 296 g/mol. The summed E-state index contributed by atoms with van der Waals surface area (Å²) in [5.41, 5.74) is 1.04. The summed E-state index contributed by atoms with van der Waals surface area (Å²) >= 11 is 1.89. The van der Waals surface area contributed by atoms with E-state index < -0.39 is 0 Å². The highest BCUT2D eigenvalue weighted by Crippen LogP contribution is 2.14. The second-order valence-electron chi connectivity index (χ2n) is 4.87. The summed E-state index contributed by atoms with van der Waals surface area (Å²) in [7, 11) is 1.79. The van der Waals surface area contributed by atoms with Crippen molar-refractivity contribution >= 4 is 17.7 Å². The molecule has 0 aromatic carbocycles. The minimum atomic E-state index is 0.650. The van der Waals surface area contributed by atoms with Gasteiger partial charge in [0, 0.05) is 31.9 Å². The first-order valence-corrected chi connectivity index (χ1v) is 9.21. The largest absolute Gasteiger partial charge is 0.477 e. The first-order valence-electron chi connectivity index (χ1n) is 7.82. The Bertz CT molecular complexity index is 440. The molecule has 0 fully saturated rings. The topological polar surface area (TPSA) is 58.5 Å². The number of aromatic nitrogens is 1. The highest BCUT2D eigenvalue weighted by Gasteiger charge is 2.05. The average molecular weight is 324 g/mol. The lowest BCUT2D eigenvalue weighted by molar-refractivity contribution is 0.301. The summed E-state index contributed by atoms with van der Waals surface area (Å²) in [6.45, 7) is 4.36. The predicted octanol–water partition coefficient (Wildman–Crippen LogP) is 2.68. The van der Waals surface area contributed by atoms with Crippen LogP contribution in [-0.2, 0) is 6.54 Å². The lowest BCUT2D eigenvalue weighted by Gasteiger charge is -2.13. The molecule has 0 unspecified atom stereocenters. The number of hydrogen-bond acceptors (Lipinski definition) is 4. The summed E-state index contributed by atoms with van der Waals surface area (Å²) < 4.78 is 5.66. The molecule has 2 N–H and O–H groups in total. The van der Waals surface area contributed by atoms with E-state index in [-0.39, 0.29) is 0 Å². The van der Waals surface area contributed by atoms with Crippen LogP contribution in [0, 0.1) is 0 Å². The number of rotatable bonds is 10. The van der Waals surface area contributed by atoms with Gasteiger partial charge in [-0.3, -0.25) is 4.99 Å². The third-order valence-electron chi connectivity index (χ3n) is 3.03. The first kappa shape index (κ1) is 18.6. The molecular formula is C16H28N4OS. The molecule has 22 heavy (non-hydrogen) atoms. The summed E-state index contributed by atoms with van der Waals surface area (Å²) in [5, 5.41) is 6.64. The Labute approximate surface area is 138 Å². The number of pyridine rings is 1. The molecule has 0 atom stereocenters. The van der Waals surface area contributed by atoms with Crippen LogP contribution in [0.2, 0.25) is 0 Å². The van der Waals surface area contributed by atoms with Gasteiger partial charge in [-0.05, 0) is 37.3 Å². The summed E-state index contributed by atoms with van der Waals surface area (Å²) in [5.74, 6) is 2.73. The molecule has 1 aromatic rings. The predicted molar refractivity (Wildman–Crippen MR) is 95.8 cm³/mol. The molecule has 0 aliphatic heterocycles. The van der Waals surface area contributed by atoms with Crippen LogP contribution in [0.4, 0.5) is 0 Å². The minimum absolute atomic E-state index is 0.650. The van der Waals surface area contributed by atoms with Gasteiger partial charge in [-0.1, -0.05) is 13.0 Å². The van der Waals surface area contributed by atoms with E-state index in [1.54, 1.807) is 13.2 Å². The molecule has 0 saturated carbocycles. The van der Waals surface area contributed by atoms with Gasteiger partial charge in [-0.2, -0.15) is 11.8 Å². The molecule has 0 bridgehead atoms. The molecule has 1 aromatic heterocycles. The number of ether oxygens (including phenoxy) is 1. The van der Waals surface area contributed by atoms with Crippen molar-refractivity contribution in [1.82, 2.24) is 15.6 Å². The molecule has 0 saturated heterocycles. The third kappa shape index (κ3) is 7.54. The van der Waals surface area contributed by atoms with Crippen molar-refractivity contribution in [1.29, 1.82) is 0 Å². The van der Waals surface area contributed by atoms with Crippen molar-refractivity contribution in [3.63, 3.8) is 0 Å². The fourth-order valence-corrected chi connectivity index (χ4v) is 2.36. The average Bonchev–Trinajstić information content (AvgIpc) is 2.56. The van der Waals surface area contributed by atoms with Crippen LogP contribution in [0.25, 0.3) is 0 Å². The molecule has 1 heterocycles. The van der Waals surface area contributed by atoms with Gasteiger partial charge < -0.3 is 15.4 Å². The number of unbranched alkanes of at least 4 members (excludes halogenated alkanes) is 1. The number of thioether (sulfide) groups is 1. The maximum atomic E-state index is 5.66. The molecule has 0 aliphatic rings. The van der Waals surface area contributed by atoms with E-state index >= 15 is 0 Å². The Morgan fingerprint density at radius 3 is 2.95 bits per heavy atom. The van der Waals surface area contributed by atoms with Crippen LogP contribution < -0.4 is 15.4 Å². The summed E-state index contributed by atoms with van der Waals surface area (Å²) in [6.07, 6.45) is 7.25. The zero-order chi connectivity index (χ0) is 16.0. The lowest BCUT2D eigenvalue weighted by Crippen LogP contribution is -2.37. The fourth-order valence-electron chi connectivity index (χ4n) is 1.87. The second kappa shape index (κ2) is 12.1. The quantitative estimate of drug-likeness (QED) is 0.394. The number of nitrogens with zero attached hydrogens (tertiary/aromatic N) is 2. The normalized spacial score (nSPS) is 11.3. The first-order chi connectivity index (χ1) is 10.8. The van der Waals surface area contributed by atoms with Crippen LogP contribution in [0.1, 0.15) is 31.7 Å². The molecule has 124 valence electrons. The lowest BCUT2D eigenvalue weighted by atomic mass is 10.2. The van der Waals surface area contributed by atoms with Gasteiger partial charge in [-0.15, -0.1) is 0 Å². The zero-order valence-corrected chi connectivity index (χ0v) is 14.7. The number of nitrogens with one attached hydrogen (secondary N) is 2. The van der Waals surface area contributed by atoms with Crippen molar-refractivity contribution < 1.29 is 4.74 Å². The standard InChI is InChI=1S/C16H28N4OS/c1-4-11-21-15-14(8-7-10-18-15)13-20-16(17-2)19-9-5-6-12-22-3/h7-8,10H,4-6,9,11-13H2,1-3H3,(H2,17,19,20). The SMILES string of the molecule is CCCOc1ncccc1CNC(=NC)NCCCCSC. The van der Waals surface area contributed by atoms with E-state index in [9.17, 15) is 0 Å². The monoisotopic (exact) mass is 324 g/mol. The highest BCUT2D eigenvalue weighted by atomic mass is 32.2. The van der Waals surface area contributed by atoms with Crippen molar-refractivity contribution in [2.24, 2.45) is 4.99 Å². The fraction of sp³-hybridized carbons (Fsp3) is 0.625. The molecule has 0 amide bonds. The highest BCUT2D eigenvalue weighted by molar-refractivity contribution is 7.98. The van der Waals surface area contributed by atoms with Gasteiger partial charge in [0.25, 0.3) is 0 Å². The zero-order valence-electron chi connectivity index (χ0n) is 13.9. The molecule has 1 rings (SSSR count). The maximum absolute atomic E-state index is 5.66. The summed E-state index contributed by atoms with van der Waals surface area (Å²) in [4.78, 5) is 8.53. The van der Waals surface area contributed by atoms with E-state index in [1.807, 2.05) is 23.9 Å². The molecule has 0 aliphatic carbocycles. The Morgan fingerprint density at radius 2 is 2.23 bits per heavy atom. The van der Waals surface area contributed by atoms with Gasteiger partial charge in [0.2, 0.25) is 5.88 Å². The number of hydrogen-bond donors (Lipinski definition) is 2. The van der Waals surface area contributed by atoms with Crippen LogP contribution in [-0.4, -0.2) is 43.2 Å². The minimum Gasteiger partial charge on any atom is -0.477 e. The Kier molecular flexibility index (Phi) is 10.3. The third-order valence-corrected chi connectivity index (χ3v) is 3.73. The molecule has 0 spiro atoms. The summed E-state index contributed by atoms with van der Waals surface area (Å²) in [6, 6.07) is 3.95. The van der Waals surface area contributed by atoms with Crippen LogP contribution in [0.5, 0.6) is 5.88 Å². The maximum Gasteiger partial charge on any atom is 0.218 e. The van der Waals surface area contributed by atoms with E-state index in [0.717, 1.165) is 30.9 Å². The van der Waals surface area contributed by atoms with Gasteiger partial charge in [0.05, 0.1) is 6.61 Å². The van der Waals surface area contributed by atoms with Crippen LogP contribution in [0.3, 0.4) is 0 Å². The molecule has 5 nitrogen and oxygen atoms in total. The Hall–Kier alpha value is -1.43. The van der Waals surface area contributed by atoms with E-state index in [0.29, 0.717) is 19.0 Å². The Morgan fingerprint density at radius 1 is 1.36 bits per heavy atom. The van der Waals surface area contributed by atoms with E-state index in [2.05, 4.69) is 33.8 Å². The smallest absolute Gasteiger partial charge is 0.218 e. The van der Waals surface area contributed by atoms with E-state index in [4.69, 9.17) is 4.74 Å². The second-order valence-corrected chi connectivity index (χ2v) is 5.85. The van der Waals surface area contributed by atoms with Gasteiger partial charge in [-0.25, -0.2) is 4.98 Å². The van der Waals surface area contributed by atoms with Crippen LogP contribution >= 0.6 is 11.8 Å². The number of aliphatic imine (C=N–C) groups is 1. The molecule has 0 radical (unpaired) electrons. The van der Waals surface area contributed by atoms with Crippen molar-refractivity contribution in [3.8, 4) is 5.88 Å². The van der Waals surface area contributed by atoms with Gasteiger partial charge in [0.1, 0.15) is 0 Å². The number of guanidine groups is 1. The van der Waals surface area contributed by atoms with Gasteiger partial charge in [0.15, 0.2) is 5.96 Å².